The number of carbonyl (C=O) groups is 2. The topological polar surface area (TPSA) is 74.6 Å². The molecular weight excluding hydrogens is 244 g/mol. The van der Waals surface area contributed by atoms with Crippen LogP contribution in [-0.4, -0.2) is 28.6 Å². The third kappa shape index (κ3) is 2.14. The fourth-order valence-corrected chi connectivity index (χ4v) is 3.31. The second-order valence-electron chi connectivity index (χ2n) is 6.54. The molecule has 0 aromatic rings. The standard InChI is InChI=1S/C15H20O4/c1-14(2)6-11(12(17)7-14)15(3)5-4-10(15)9(8-16)13(18)19/h4-5,11,16H,6-8H2,1-3H3,(H,18,19)/b10-9-/t11-,15+/m1/s1. The summed E-state index contributed by atoms with van der Waals surface area (Å²) in [6, 6.07) is 0. The maximum atomic E-state index is 12.2. The molecule has 0 saturated heterocycles. The maximum absolute atomic E-state index is 12.2. The van der Waals surface area contributed by atoms with E-state index in [4.69, 9.17) is 5.11 Å². The van der Waals surface area contributed by atoms with Gasteiger partial charge < -0.3 is 10.2 Å². The van der Waals surface area contributed by atoms with E-state index < -0.39 is 18.0 Å². The summed E-state index contributed by atoms with van der Waals surface area (Å²) >= 11 is 0. The number of Topliss-reactive ketones (excluding diaryl/α,β-unsaturated/α-hetero) is 1. The van der Waals surface area contributed by atoms with Gasteiger partial charge in [0.25, 0.3) is 0 Å². The Balaban J connectivity index is 2.38. The average molecular weight is 264 g/mol. The monoisotopic (exact) mass is 264 g/mol. The highest BCUT2D eigenvalue weighted by atomic mass is 16.4. The lowest BCUT2D eigenvalue weighted by Crippen LogP contribution is -2.37. The Kier molecular flexibility index (Phi) is 3.17. The van der Waals surface area contributed by atoms with Crippen LogP contribution in [0.25, 0.3) is 0 Å². The highest BCUT2D eigenvalue weighted by Gasteiger charge is 2.51. The van der Waals surface area contributed by atoms with Crippen LogP contribution in [-0.2, 0) is 9.59 Å². The van der Waals surface area contributed by atoms with Crippen LogP contribution >= 0.6 is 0 Å². The number of hydrogen-bond acceptors (Lipinski definition) is 3. The third-order valence-corrected chi connectivity index (χ3v) is 4.44. The molecule has 0 aromatic carbocycles. The number of allylic oxidation sites excluding steroid dienone is 3. The number of hydrogen-bond donors (Lipinski definition) is 2. The number of ketones is 1. The van der Waals surface area contributed by atoms with E-state index in [9.17, 15) is 14.7 Å². The van der Waals surface area contributed by atoms with Crippen LogP contribution in [0.5, 0.6) is 0 Å². The van der Waals surface area contributed by atoms with Crippen LogP contribution < -0.4 is 0 Å². The molecule has 104 valence electrons. The molecule has 4 heteroatoms. The zero-order valence-electron chi connectivity index (χ0n) is 11.6. The number of carboxylic acid groups (broad SMARTS) is 1. The summed E-state index contributed by atoms with van der Waals surface area (Å²) in [5, 5.41) is 18.3. The van der Waals surface area contributed by atoms with E-state index in [0.717, 1.165) is 6.42 Å². The highest BCUT2D eigenvalue weighted by molar-refractivity contribution is 5.91. The molecule has 2 atom stereocenters. The number of aliphatic hydroxyl groups is 1. The Morgan fingerprint density at radius 1 is 1.42 bits per heavy atom. The number of carboxylic acids is 1. The molecular formula is C15H20O4. The maximum Gasteiger partial charge on any atom is 0.334 e. The zero-order chi connectivity index (χ0) is 14.4. The van der Waals surface area contributed by atoms with E-state index in [0.29, 0.717) is 12.0 Å². The first-order chi connectivity index (χ1) is 8.71. The van der Waals surface area contributed by atoms with Crippen molar-refractivity contribution in [3.05, 3.63) is 23.3 Å². The second kappa shape index (κ2) is 4.30. The smallest absolute Gasteiger partial charge is 0.334 e. The first-order valence-corrected chi connectivity index (χ1v) is 6.51. The van der Waals surface area contributed by atoms with Crippen molar-refractivity contribution >= 4 is 11.8 Å². The predicted octanol–water partition coefficient (Wildman–Crippen LogP) is 1.94. The molecule has 0 bridgehead atoms. The SMILES string of the molecule is CC1(C)CC(=O)[C@H]([C@@]2(C)C=C/C2=C(\CO)C(=O)O)C1. The minimum Gasteiger partial charge on any atom is -0.478 e. The van der Waals surface area contributed by atoms with Gasteiger partial charge in [0.2, 0.25) is 0 Å². The molecule has 0 unspecified atom stereocenters. The van der Waals surface area contributed by atoms with Crippen LogP contribution in [0, 0.1) is 16.7 Å². The van der Waals surface area contributed by atoms with E-state index in [2.05, 4.69) is 13.8 Å². The predicted molar refractivity (Wildman–Crippen MR) is 70.5 cm³/mol. The first-order valence-electron chi connectivity index (χ1n) is 6.51. The van der Waals surface area contributed by atoms with Crippen LogP contribution in [0.15, 0.2) is 23.3 Å². The van der Waals surface area contributed by atoms with Gasteiger partial charge >= 0.3 is 5.97 Å². The average Bonchev–Trinajstić information content (AvgIpc) is 2.56. The quantitative estimate of drug-likeness (QED) is 0.764. The summed E-state index contributed by atoms with van der Waals surface area (Å²) in [6.45, 7) is 5.51. The molecule has 0 aliphatic heterocycles. The van der Waals surface area contributed by atoms with Gasteiger partial charge in [-0.05, 0) is 17.4 Å². The molecule has 2 rings (SSSR count). The molecule has 2 aliphatic rings. The summed E-state index contributed by atoms with van der Waals surface area (Å²) in [7, 11) is 0. The minimum absolute atomic E-state index is 0.00232. The van der Waals surface area contributed by atoms with Crippen molar-refractivity contribution in [2.75, 3.05) is 6.61 Å². The van der Waals surface area contributed by atoms with Crippen LogP contribution in [0.3, 0.4) is 0 Å². The number of aliphatic hydroxyl groups excluding tert-OH is 1. The van der Waals surface area contributed by atoms with Crippen molar-refractivity contribution in [1.82, 2.24) is 0 Å². The molecule has 2 N–H and O–H groups in total. The van der Waals surface area contributed by atoms with E-state index >= 15 is 0 Å². The lowest BCUT2D eigenvalue weighted by atomic mass is 9.62. The van der Waals surface area contributed by atoms with Gasteiger partial charge in [-0.15, -0.1) is 0 Å². The normalized spacial score (nSPS) is 35.2. The lowest BCUT2D eigenvalue weighted by Gasteiger charge is -2.41. The Bertz CT molecular complexity index is 498. The summed E-state index contributed by atoms with van der Waals surface area (Å²) in [4.78, 5) is 23.3. The van der Waals surface area contributed by atoms with Crippen molar-refractivity contribution in [3.8, 4) is 0 Å². The van der Waals surface area contributed by atoms with E-state index in [-0.39, 0.29) is 22.7 Å². The summed E-state index contributed by atoms with van der Waals surface area (Å²) < 4.78 is 0. The number of rotatable bonds is 3. The van der Waals surface area contributed by atoms with Crippen molar-refractivity contribution in [3.63, 3.8) is 0 Å². The van der Waals surface area contributed by atoms with Crippen molar-refractivity contribution in [2.24, 2.45) is 16.7 Å². The van der Waals surface area contributed by atoms with Gasteiger partial charge in [0, 0.05) is 17.8 Å². The molecule has 0 spiro atoms. The van der Waals surface area contributed by atoms with Crippen molar-refractivity contribution in [1.29, 1.82) is 0 Å². The first kappa shape index (κ1) is 14.0. The second-order valence-corrected chi connectivity index (χ2v) is 6.54. The van der Waals surface area contributed by atoms with Crippen LogP contribution in [0.1, 0.15) is 33.6 Å². The molecule has 0 amide bonds. The molecule has 0 aromatic heterocycles. The molecule has 1 fully saturated rings. The summed E-state index contributed by atoms with van der Waals surface area (Å²) in [6.07, 6.45) is 4.90. The van der Waals surface area contributed by atoms with E-state index in [1.54, 1.807) is 6.08 Å². The van der Waals surface area contributed by atoms with E-state index in [1.807, 2.05) is 13.0 Å². The van der Waals surface area contributed by atoms with Crippen molar-refractivity contribution < 1.29 is 19.8 Å². The molecule has 0 radical (unpaired) electrons. The Labute approximate surface area is 112 Å². The highest BCUT2D eigenvalue weighted by Crippen LogP contribution is 2.54. The number of carbonyl (C=O) groups excluding carboxylic acids is 1. The zero-order valence-corrected chi connectivity index (χ0v) is 11.6. The van der Waals surface area contributed by atoms with Crippen molar-refractivity contribution in [2.45, 2.75) is 33.6 Å². The van der Waals surface area contributed by atoms with Gasteiger partial charge in [0.05, 0.1) is 12.2 Å². The minimum atomic E-state index is -1.11. The van der Waals surface area contributed by atoms with Gasteiger partial charge in [-0.3, -0.25) is 4.79 Å². The Hall–Kier alpha value is -1.42. The Morgan fingerprint density at radius 3 is 2.37 bits per heavy atom. The summed E-state index contributed by atoms with van der Waals surface area (Å²) in [5.74, 6) is -1.10. The molecule has 2 aliphatic carbocycles. The third-order valence-electron chi connectivity index (χ3n) is 4.44. The number of aliphatic carboxylic acids is 1. The van der Waals surface area contributed by atoms with Gasteiger partial charge in [0.1, 0.15) is 5.78 Å². The lowest BCUT2D eigenvalue weighted by molar-refractivity contribution is -0.133. The molecule has 4 nitrogen and oxygen atoms in total. The summed E-state index contributed by atoms with van der Waals surface area (Å²) in [5.41, 5.74) is 0.0319. The largest absolute Gasteiger partial charge is 0.478 e. The fraction of sp³-hybridized carbons (Fsp3) is 0.600. The Morgan fingerprint density at radius 2 is 2.05 bits per heavy atom. The van der Waals surface area contributed by atoms with Gasteiger partial charge in [-0.25, -0.2) is 4.79 Å². The van der Waals surface area contributed by atoms with Crippen LogP contribution in [0.2, 0.25) is 0 Å². The molecule has 1 saturated carbocycles. The van der Waals surface area contributed by atoms with Gasteiger partial charge in [-0.2, -0.15) is 0 Å². The van der Waals surface area contributed by atoms with Gasteiger partial charge in [0.15, 0.2) is 0 Å². The van der Waals surface area contributed by atoms with Crippen LogP contribution in [0.4, 0.5) is 0 Å². The molecule has 0 heterocycles. The molecule has 19 heavy (non-hydrogen) atoms. The van der Waals surface area contributed by atoms with Gasteiger partial charge in [-0.1, -0.05) is 32.9 Å². The van der Waals surface area contributed by atoms with E-state index in [1.165, 1.54) is 0 Å². The fourth-order valence-electron chi connectivity index (χ4n) is 3.31.